The van der Waals surface area contributed by atoms with E-state index in [1.807, 2.05) is 35.1 Å². The first kappa shape index (κ1) is 22.2. The first-order valence-corrected chi connectivity index (χ1v) is 13.2. The predicted molar refractivity (Wildman–Crippen MR) is 120 cm³/mol. The summed E-state index contributed by atoms with van der Waals surface area (Å²) in [6.45, 7) is -0.144. The van der Waals surface area contributed by atoms with Gasteiger partial charge in [0.25, 0.3) is 5.91 Å². The van der Waals surface area contributed by atoms with Crippen LogP contribution in [0.25, 0.3) is 0 Å². The van der Waals surface area contributed by atoms with E-state index in [-0.39, 0.29) is 36.8 Å². The number of nitrogens with one attached hydrogen (secondary N) is 1. The maximum absolute atomic E-state index is 12.3. The summed E-state index contributed by atoms with van der Waals surface area (Å²) in [7, 11) is -7.06. The van der Waals surface area contributed by atoms with Crippen molar-refractivity contribution in [1.82, 2.24) is 4.72 Å². The van der Waals surface area contributed by atoms with E-state index >= 15 is 0 Å². The monoisotopic (exact) mass is 474 g/mol. The van der Waals surface area contributed by atoms with Gasteiger partial charge >= 0.3 is 10.2 Å². The second-order valence-corrected chi connectivity index (χ2v) is 11.6. The Morgan fingerprint density at radius 2 is 1.88 bits per heavy atom. The molecule has 0 aliphatic carbocycles. The van der Waals surface area contributed by atoms with Gasteiger partial charge in [0.1, 0.15) is 18.9 Å². The average molecular weight is 475 g/mol. The number of benzene rings is 2. The van der Waals surface area contributed by atoms with Crippen LogP contribution < -0.4 is 13.8 Å². The highest BCUT2D eigenvalue weighted by Crippen LogP contribution is 2.33. The molecule has 2 aliphatic heterocycles. The van der Waals surface area contributed by atoms with Gasteiger partial charge in [0.2, 0.25) is 0 Å². The third kappa shape index (κ3) is 4.89. The molecule has 1 unspecified atom stereocenters. The van der Waals surface area contributed by atoms with E-state index in [0.717, 1.165) is 9.87 Å². The van der Waals surface area contributed by atoms with Crippen molar-refractivity contribution in [2.45, 2.75) is 31.1 Å². The SMILES string of the molecule is O=C1CN(c2ccc(C#CCC3CCCS3(=O)=O)cc2OCc2ccccc2)S(=O)(=O)N1. The van der Waals surface area contributed by atoms with Gasteiger partial charge in [-0.15, -0.1) is 0 Å². The molecule has 2 aliphatic rings. The number of ether oxygens (including phenoxy) is 1. The molecule has 0 saturated carbocycles. The van der Waals surface area contributed by atoms with Crippen molar-refractivity contribution in [3.05, 3.63) is 59.7 Å². The van der Waals surface area contributed by atoms with Crippen LogP contribution in [0.2, 0.25) is 0 Å². The van der Waals surface area contributed by atoms with Crippen molar-refractivity contribution in [2.24, 2.45) is 0 Å². The molecule has 2 heterocycles. The van der Waals surface area contributed by atoms with Crippen LogP contribution in [-0.4, -0.2) is 40.3 Å². The number of anilines is 1. The summed E-state index contributed by atoms with van der Waals surface area (Å²) < 4.78 is 57.4. The summed E-state index contributed by atoms with van der Waals surface area (Å²) in [5, 5.41) is -0.435. The Morgan fingerprint density at radius 3 is 2.53 bits per heavy atom. The van der Waals surface area contributed by atoms with E-state index in [1.54, 1.807) is 12.1 Å². The Morgan fingerprint density at radius 1 is 1.09 bits per heavy atom. The van der Waals surface area contributed by atoms with Crippen molar-refractivity contribution in [3.8, 4) is 17.6 Å². The zero-order chi connectivity index (χ0) is 22.8. The lowest BCUT2D eigenvalue weighted by molar-refractivity contribution is -0.117. The third-order valence-electron chi connectivity index (χ3n) is 5.31. The Kier molecular flexibility index (Phi) is 6.13. The van der Waals surface area contributed by atoms with Crippen molar-refractivity contribution in [1.29, 1.82) is 0 Å². The van der Waals surface area contributed by atoms with Gasteiger partial charge in [-0.3, -0.25) is 4.79 Å². The smallest absolute Gasteiger partial charge is 0.326 e. The van der Waals surface area contributed by atoms with Gasteiger partial charge in [-0.05, 0) is 36.6 Å². The molecular formula is C22H22N2O6S2. The van der Waals surface area contributed by atoms with Crippen molar-refractivity contribution in [2.75, 3.05) is 16.6 Å². The number of nitrogens with zero attached hydrogens (tertiary/aromatic N) is 1. The van der Waals surface area contributed by atoms with Crippen LogP contribution in [0.5, 0.6) is 5.75 Å². The number of hydrogen-bond donors (Lipinski definition) is 1. The van der Waals surface area contributed by atoms with Gasteiger partial charge < -0.3 is 4.74 Å². The van der Waals surface area contributed by atoms with Crippen LogP contribution >= 0.6 is 0 Å². The Balaban J connectivity index is 1.61. The number of carbonyl (C=O) groups is 1. The summed E-state index contributed by atoms with van der Waals surface area (Å²) in [6.07, 6.45) is 1.54. The number of sulfone groups is 1. The zero-order valence-electron chi connectivity index (χ0n) is 17.2. The number of amides is 1. The first-order chi connectivity index (χ1) is 15.2. The Hall–Kier alpha value is -3.03. The molecule has 2 saturated heterocycles. The van der Waals surface area contributed by atoms with Crippen molar-refractivity contribution < 1.29 is 26.4 Å². The lowest BCUT2D eigenvalue weighted by atomic mass is 10.1. The number of rotatable bonds is 5. The topological polar surface area (TPSA) is 110 Å². The minimum Gasteiger partial charge on any atom is -0.487 e. The molecule has 1 amide bonds. The van der Waals surface area contributed by atoms with E-state index in [4.69, 9.17) is 4.74 Å². The van der Waals surface area contributed by atoms with E-state index in [2.05, 4.69) is 11.8 Å². The summed E-state index contributed by atoms with van der Waals surface area (Å²) in [6, 6.07) is 14.1. The number of carbonyl (C=O) groups excluding carboxylic acids is 1. The van der Waals surface area contributed by atoms with E-state index in [1.165, 1.54) is 6.07 Å². The molecule has 1 N–H and O–H groups in total. The second-order valence-electron chi connectivity index (χ2n) is 7.63. The molecule has 32 heavy (non-hydrogen) atoms. The van der Waals surface area contributed by atoms with Gasteiger partial charge in [-0.25, -0.2) is 17.4 Å². The average Bonchev–Trinajstić information content (AvgIpc) is 3.23. The molecule has 0 aromatic heterocycles. The van der Waals surface area contributed by atoms with Crippen LogP contribution in [0.15, 0.2) is 48.5 Å². The standard InChI is InChI=1S/C22H22N2O6S2/c25-22-15-24(32(28,29)23-22)20-12-11-17(8-4-9-19-10-5-13-31(19,26)27)14-21(20)30-16-18-6-2-1-3-7-18/h1-3,6-7,11-12,14,19H,5,9-10,13,15-16H2,(H,23,25). The van der Waals surface area contributed by atoms with E-state index in [9.17, 15) is 21.6 Å². The Labute approximate surface area is 187 Å². The molecule has 0 spiro atoms. The number of hydrogen-bond acceptors (Lipinski definition) is 6. The van der Waals surface area contributed by atoms with Crippen LogP contribution in [0.3, 0.4) is 0 Å². The van der Waals surface area contributed by atoms with E-state index in [0.29, 0.717) is 18.4 Å². The minimum atomic E-state index is -4.00. The van der Waals surface area contributed by atoms with Gasteiger partial charge in [0, 0.05) is 12.0 Å². The fourth-order valence-corrected chi connectivity index (χ4v) is 6.59. The molecular weight excluding hydrogens is 452 g/mol. The van der Waals surface area contributed by atoms with Gasteiger partial charge in [-0.1, -0.05) is 42.2 Å². The maximum Gasteiger partial charge on any atom is 0.326 e. The fraction of sp³-hybridized carbons (Fsp3) is 0.318. The molecule has 168 valence electrons. The lowest BCUT2D eigenvalue weighted by Gasteiger charge is -2.19. The molecule has 2 aromatic rings. The first-order valence-electron chi connectivity index (χ1n) is 10.1. The van der Waals surface area contributed by atoms with E-state index < -0.39 is 31.2 Å². The highest BCUT2D eigenvalue weighted by atomic mass is 32.2. The fourth-order valence-electron chi connectivity index (χ4n) is 3.66. The largest absolute Gasteiger partial charge is 0.487 e. The van der Waals surface area contributed by atoms with Gasteiger partial charge in [0.15, 0.2) is 9.84 Å². The normalized spacial score (nSPS) is 20.9. The third-order valence-corrected chi connectivity index (χ3v) is 8.98. The van der Waals surface area contributed by atoms with Crippen molar-refractivity contribution >= 4 is 31.6 Å². The molecule has 0 radical (unpaired) electrons. The summed E-state index contributed by atoms with van der Waals surface area (Å²) in [4.78, 5) is 11.7. The summed E-state index contributed by atoms with van der Waals surface area (Å²) in [5.41, 5.74) is 1.67. The lowest BCUT2D eigenvalue weighted by Crippen LogP contribution is -2.29. The molecule has 2 fully saturated rings. The maximum atomic E-state index is 12.3. The molecule has 0 bridgehead atoms. The van der Waals surface area contributed by atoms with Crippen LogP contribution in [-0.2, 0) is 31.4 Å². The second kappa shape index (κ2) is 8.84. The van der Waals surface area contributed by atoms with Gasteiger partial charge in [-0.2, -0.15) is 8.42 Å². The van der Waals surface area contributed by atoms with Gasteiger partial charge in [0.05, 0.1) is 16.7 Å². The molecule has 8 nitrogen and oxygen atoms in total. The molecule has 10 heteroatoms. The molecule has 1 atom stereocenters. The minimum absolute atomic E-state index is 0.195. The van der Waals surface area contributed by atoms with Crippen LogP contribution in [0.1, 0.15) is 30.4 Å². The predicted octanol–water partition coefficient (Wildman–Crippen LogP) is 1.77. The highest BCUT2D eigenvalue weighted by Gasteiger charge is 2.35. The summed E-state index contributed by atoms with van der Waals surface area (Å²) >= 11 is 0. The Bertz CT molecular complexity index is 1290. The van der Waals surface area contributed by atoms with Crippen LogP contribution in [0.4, 0.5) is 5.69 Å². The van der Waals surface area contributed by atoms with Crippen molar-refractivity contribution in [3.63, 3.8) is 0 Å². The zero-order valence-corrected chi connectivity index (χ0v) is 18.8. The van der Waals surface area contributed by atoms with Crippen LogP contribution in [0, 0.1) is 11.8 Å². The molecule has 2 aromatic carbocycles. The summed E-state index contributed by atoms with van der Waals surface area (Å²) in [5.74, 6) is 5.72. The highest BCUT2D eigenvalue weighted by molar-refractivity contribution is 7.92. The molecule has 4 rings (SSSR count). The quantitative estimate of drug-likeness (QED) is 0.662.